The number of imidazole rings is 1. The monoisotopic (exact) mass is 405 g/mol. The molecule has 0 aliphatic carbocycles. The number of aliphatic imine (C=N–C) groups is 1. The molecule has 0 aliphatic rings. The Hall–Kier alpha value is -3.28. The van der Waals surface area contributed by atoms with E-state index in [0.29, 0.717) is 13.1 Å². The van der Waals surface area contributed by atoms with Crippen LogP contribution in [0.1, 0.15) is 35.6 Å². The molecule has 0 amide bonds. The van der Waals surface area contributed by atoms with E-state index in [-0.39, 0.29) is 0 Å². The van der Waals surface area contributed by atoms with Crippen LogP contribution in [-0.2, 0) is 19.6 Å². The van der Waals surface area contributed by atoms with Crippen LogP contribution in [0.25, 0.3) is 0 Å². The first kappa shape index (κ1) is 21.4. The molecule has 3 aromatic rings. The van der Waals surface area contributed by atoms with E-state index in [0.717, 1.165) is 36.8 Å². The van der Waals surface area contributed by atoms with Crippen molar-refractivity contribution in [3.05, 3.63) is 83.4 Å². The van der Waals surface area contributed by atoms with Crippen LogP contribution >= 0.6 is 0 Å². The molecule has 0 bridgehead atoms. The van der Waals surface area contributed by atoms with Gasteiger partial charge in [0.05, 0.1) is 12.9 Å². The number of aromatic nitrogens is 2. The minimum atomic E-state index is 0.652. The summed E-state index contributed by atoms with van der Waals surface area (Å²) in [6, 6.07) is 14.9. The average Bonchev–Trinajstić information content (AvgIpc) is 3.26. The first-order chi connectivity index (χ1) is 14.7. The molecule has 0 saturated carbocycles. The van der Waals surface area contributed by atoms with Gasteiger partial charge in [-0.25, -0.2) is 4.98 Å². The lowest BCUT2D eigenvalue weighted by Crippen LogP contribution is -2.36. The number of benzene rings is 2. The van der Waals surface area contributed by atoms with Crippen molar-refractivity contribution in [2.45, 2.75) is 39.9 Å². The van der Waals surface area contributed by atoms with Crippen LogP contribution in [0, 0.1) is 6.92 Å². The van der Waals surface area contributed by atoms with Crippen molar-refractivity contribution in [1.82, 2.24) is 20.2 Å². The summed E-state index contributed by atoms with van der Waals surface area (Å²) in [7, 11) is 1.79. The summed E-state index contributed by atoms with van der Waals surface area (Å²) in [5.74, 6) is 1.70. The van der Waals surface area contributed by atoms with Gasteiger partial charge in [-0.2, -0.15) is 0 Å². The average molecular weight is 406 g/mol. The lowest BCUT2D eigenvalue weighted by Gasteiger charge is -2.15. The topological polar surface area (TPSA) is 63.5 Å². The fourth-order valence-corrected chi connectivity index (χ4v) is 3.17. The molecule has 0 saturated heterocycles. The fraction of sp³-hybridized carbons (Fsp3) is 0.333. The third kappa shape index (κ3) is 6.37. The molecule has 0 aliphatic heterocycles. The van der Waals surface area contributed by atoms with E-state index < -0.39 is 0 Å². The van der Waals surface area contributed by atoms with E-state index in [4.69, 9.17) is 4.74 Å². The Kier molecular flexibility index (Phi) is 7.89. The van der Waals surface area contributed by atoms with E-state index >= 15 is 0 Å². The van der Waals surface area contributed by atoms with Crippen LogP contribution in [0.15, 0.2) is 66.2 Å². The summed E-state index contributed by atoms with van der Waals surface area (Å²) in [6.45, 7) is 7.08. The molecule has 0 spiro atoms. The van der Waals surface area contributed by atoms with Crippen LogP contribution < -0.4 is 15.4 Å². The Bertz CT molecular complexity index is 950. The number of guanidine groups is 1. The van der Waals surface area contributed by atoms with Gasteiger partial charge in [-0.1, -0.05) is 43.3 Å². The Morgan fingerprint density at radius 3 is 2.70 bits per heavy atom. The van der Waals surface area contributed by atoms with Crippen LogP contribution in [-0.4, -0.2) is 29.2 Å². The lowest BCUT2D eigenvalue weighted by molar-refractivity contribution is 0.313. The molecule has 30 heavy (non-hydrogen) atoms. The molecule has 0 radical (unpaired) electrons. The minimum absolute atomic E-state index is 0.652. The van der Waals surface area contributed by atoms with Gasteiger partial charge in [0.25, 0.3) is 0 Å². The zero-order valence-electron chi connectivity index (χ0n) is 18.1. The van der Waals surface area contributed by atoms with Crippen LogP contribution in [0.5, 0.6) is 5.75 Å². The van der Waals surface area contributed by atoms with Crippen LogP contribution in [0.4, 0.5) is 0 Å². The Labute approximate surface area is 179 Å². The lowest BCUT2D eigenvalue weighted by atomic mass is 10.1. The maximum Gasteiger partial charge on any atom is 0.191 e. The molecule has 2 aromatic carbocycles. The maximum absolute atomic E-state index is 5.91. The highest BCUT2D eigenvalue weighted by atomic mass is 16.5. The van der Waals surface area contributed by atoms with Gasteiger partial charge in [0, 0.05) is 44.6 Å². The first-order valence-electron chi connectivity index (χ1n) is 10.4. The zero-order valence-corrected chi connectivity index (χ0v) is 18.1. The van der Waals surface area contributed by atoms with Crippen molar-refractivity contribution in [2.24, 2.45) is 4.99 Å². The third-order valence-electron chi connectivity index (χ3n) is 4.73. The Morgan fingerprint density at radius 1 is 1.10 bits per heavy atom. The fourth-order valence-electron chi connectivity index (χ4n) is 3.17. The van der Waals surface area contributed by atoms with E-state index in [1.165, 1.54) is 16.7 Å². The van der Waals surface area contributed by atoms with Gasteiger partial charge < -0.3 is 19.9 Å². The number of ether oxygens (including phenoxy) is 1. The summed E-state index contributed by atoms with van der Waals surface area (Å²) in [5.41, 5.74) is 4.77. The molecule has 158 valence electrons. The van der Waals surface area contributed by atoms with Gasteiger partial charge >= 0.3 is 0 Å². The van der Waals surface area contributed by atoms with E-state index in [9.17, 15) is 0 Å². The summed E-state index contributed by atoms with van der Waals surface area (Å²) in [6.07, 6.45) is 6.60. The molecule has 2 N–H and O–H groups in total. The quantitative estimate of drug-likeness (QED) is 0.419. The van der Waals surface area contributed by atoms with Crippen molar-refractivity contribution < 1.29 is 4.74 Å². The van der Waals surface area contributed by atoms with Gasteiger partial charge in [0.1, 0.15) is 5.75 Å². The van der Waals surface area contributed by atoms with Gasteiger partial charge in [0.15, 0.2) is 5.96 Å². The van der Waals surface area contributed by atoms with E-state index in [2.05, 4.69) is 81.5 Å². The van der Waals surface area contributed by atoms with Crippen molar-refractivity contribution in [2.75, 3.05) is 13.7 Å². The number of rotatable bonds is 9. The normalized spacial score (nSPS) is 11.4. The van der Waals surface area contributed by atoms with Gasteiger partial charge in [-0.15, -0.1) is 0 Å². The molecule has 6 heteroatoms. The number of nitrogens with one attached hydrogen (secondary N) is 2. The van der Waals surface area contributed by atoms with Crippen molar-refractivity contribution in [3.63, 3.8) is 0 Å². The summed E-state index contributed by atoms with van der Waals surface area (Å²) in [5, 5.41) is 6.78. The molecular formula is C24H31N5O. The molecule has 3 rings (SSSR count). The van der Waals surface area contributed by atoms with Crippen molar-refractivity contribution >= 4 is 5.96 Å². The minimum Gasteiger partial charge on any atom is -0.493 e. The second-order valence-electron chi connectivity index (χ2n) is 7.29. The molecular weight excluding hydrogens is 374 g/mol. The summed E-state index contributed by atoms with van der Waals surface area (Å²) in [4.78, 5) is 8.45. The van der Waals surface area contributed by atoms with Crippen molar-refractivity contribution in [3.8, 4) is 5.75 Å². The Balaban J connectivity index is 1.55. The molecule has 1 aromatic heterocycles. The highest BCUT2D eigenvalue weighted by molar-refractivity contribution is 5.79. The maximum atomic E-state index is 5.91. The van der Waals surface area contributed by atoms with E-state index in [1.807, 2.05) is 12.5 Å². The number of hydrogen-bond donors (Lipinski definition) is 2. The smallest absolute Gasteiger partial charge is 0.191 e. The second kappa shape index (κ2) is 11.0. The molecule has 0 unspecified atom stereocenters. The number of nitrogens with zero attached hydrogens (tertiary/aromatic N) is 3. The predicted octanol–water partition coefficient (Wildman–Crippen LogP) is 3.89. The van der Waals surface area contributed by atoms with E-state index in [1.54, 1.807) is 13.2 Å². The van der Waals surface area contributed by atoms with Crippen LogP contribution in [0.3, 0.4) is 0 Å². The Morgan fingerprint density at radius 2 is 1.93 bits per heavy atom. The SMILES string of the molecule is CCCOc1cc(C)ccc1CNC(=NC)NCc1cccc(Cn2ccnc2)c1. The third-order valence-corrected chi connectivity index (χ3v) is 4.73. The number of hydrogen-bond acceptors (Lipinski definition) is 3. The second-order valence-corrected chi connectivity index (χ2v) is 7.29. The standard InChI is InChI=1S/C24H31N5O/c1-4-12-30-23-13-19(2)8-9-22(23)16-28-24(25-3)27-15-20-6-5-7-21(14-20)17-29-11-10-26-18-29/h5-11,13-14,18H,4,12,15-17H2,1-3H3,(H2,25,27,28). The molecule has 6 nitrogen and oxygen atoms in total. The highest BCUT2D eigenvalue weighted by Gasteiger charge is 2.06. The molecule has 0 fully saturated rings. The predicted molar refractivity (Wildman–Crippen MR) is 122 cm³/mol. The molecule has 1 heterocycles. The number of aryl methyl sites for hydroxylation is 1. The van der Waals surface area contributed by atoms with Gasteiger partial charge in [-0.3, -0.25) is 4.99 Å². The van der Waals surface area contributed by atoms with Crippen molar-refractivity contribution in [1.29, 1.82) is 0 Å². The largest absolute Gasteiger partial charge is 0.493 e. The molecule has 0 atom stereocenters. The zero-order chi connectivity index (χ0) is 21.2. The summed E-state index contributed by atoms with van der Waals surface area (Å²) >= 11 is 0. The summed E-state index contributed by atoms with van der Waals surface area (Å²) < 4.78 is 7.97. The van der Waals surface area contributed by atoms with Crippen LogP contribution in [0.2, 0.25) is 0 Å². The van der Waals surface area contributed by atoms with Gasteiger partial charge in [-0.05, 0) is 36.1 Å². The first-order valence-corrected chi connectivity index (χ1v) is 10.4. The highest BCUT2D eigenvalue weighted by Crippen LogP contribution is 2.20. The van der Waals surface area contributed by atoms with Gasteiger partial charge in [0.2, 0.25) is 0 Å².